The van der Waals surface area contributed by atoms with Crippen LogP contribution in [0.15, 0.2) is 177 Å². The number of rotatable bonds is 23. The second kappa shape index (κ2) is 44.2. The molecule has 14 rings (SSSR count). The van der Waals surface area contributed by atoms with Gasteiger partial charge in [-0.1, -0.05) is 108 Å². The van der Waals surface area contributed by atoms with Crippen LogP contribution in [0.4, 0.5) is 18.0 Å². The number of carbonyl (C=O) groups excluding carboxylic acids is 9. The molecule has 3 aromatic carbocycles. The molecule has 125 heavy (non-hydrogen) atoms. The average molecular weight is 1810 g/mol. The van der Waals surface area contributed by atoms with Crippen LogP contribution < -0.4 is 0 Å². The first-order valence-corrected chi connectivity index (χ1v) is 47.0. The molecule has 25 nitrogen and oxygen atoms in total. The van der Waals surface area contributed by atoms with Gasteiger partial charge in [-0.15, -0.1) is 0 Å². The highest BCUT2D eigenvalue weighted by molar-refractivity contribution is 7.97. The first-order chi connectivity index (χ1) is 58.6. The molecule has 4 saturated heterocycles. The molecule has 4 aliphatic heterocycles. The maximum atomic E-state index is 13.0. The Hall–Kier alpha value is -8.91. The molecule has 4 bridgehead atoms. The summed E-state index contributed by atoms with van der Waals surface area (Å²) in [6, 6.07) is 28.5. The van der Waals surface area contributed by atoms with E-state index in [0.717, 1.165) is 86.9 Å². The molecule has 4 heterocycles. The van der Waals surface area contributed by atoms with Crippen molar-refractivity contribution in [3.05, 3.63) is 158 Å². The predicted molar refractivity (Wildman–Crippen MR) is 459 cm³/mol. The van der Waals surface area contributed by atoms with Crippen molar-refractivity contribution in [2.75, 3.05) is 33.5 Å². The fourth-order valence-corrected chi connectivity index (χ4v) is 23.0. The van der Waals surface area contributed by atoms with Crippen molar-refractivity contribution in [1.29, 1.82) is 0 Å². The van der Waals surface area contributed by atoms with Crippen LogP contribution in [0.5, 0.6) is 0 Å². The lowest BCUT2D eigenvalue weighted by atomic mass is 9.65. The summed E-state index contributed by atoms with van der Waals surface area (Å²) in [5.41, 5.74) is 0.803. The molecule has 13 unspecified atom stereocenters. The Balaban J connectivity index is 0.000000184. The number of hydrogen-bond acceptors (Lipinski definition) is 25. The van der Waals surface area contributed by atoms with Crippen LogP contribution in [0.1, 0.15) is 204 Å². The number of alkyl halides is 3. The van der Waals surface area contributed by atoms with Crippen LogP contribution >= 0.6 is 0 Å². The highest BCUT2D eigenvalue weighted by atomic mass is 32.2. The van der Waals surface area contributed by atoms with Crippen molar-refractivity contribution < 1.29 is 125 Å². The third kappa shape index (κ3) is 26.6. The smallest absolute Gasteiger partial charge is 0.508 e. The van der Waals surface area contributed by atoms with Gasteiger partial charge in [0.05, 0.1) is 46.1 Å². The Labute approximate surface area is 736 Å². The van der Waals surface area contributed by atoms with E-state index in [-0.39, 0.29) is 112 Å². The highest BCUT2D eigenvalue weighted by Gasteiger charge is 2.64. The Kier molecular flexibility index (Phi) is 35.9. The van der Waals surface area contributed by atoms with Crippen LogP contribution in [-0.4, -0.2) is 178 Å². The van der Waals surface area contributed by atoms with Crippen LogP contribution in [0.2, 0.25) is 0 Å². The van der Waals surface area contributed by atoms with Gasteiger partial charge in [0.15, 0.2) is 46.9 Å². The summed E-state index contributed by atoms with van der Waals surface area (Å²) >= 11 is 0. The molecule has 0 radical (unpaired) electrons. The summed E-state index contributed by atoms with van der Waals surface area (Å²) in [6.07, 6.45) is 15.0. The zero-order valence-electron chi connectivity index (χ0n) is 73.8. The number of fused-ring (bicyclic) bond motifs is 6. The molecule has 0 aromatic heterocycles. The quantitative estimate of drug-likeness (QED) is 0.0280. The van der Waals surface area contributed by atoms with Crippen molar-refractivity contribution >= 4 is 84.8 Å². The number of cyclic esters (lactones) is 3. The normalized spacial score (nSPS) is 25.9. The number of ether oxygens (including phenoxy) is 10. The van der Waals surface area contributed by atoms with Gasteiger partial charge in [-0.3, -0.25) is 14.5 Å². The molecule has 3 aromatic rings. The van der Waals surface area contributed by atoms with Gasteiger partial charge in [-0.25, -0.2) is 54.8 Å². The number of esters is 8. The fourth-order valence-electron chi connectivity index (χ4n) is 18.6. The molecule has 7 saturated carbocycles. The van der Waals surface area contributed by atoms with E-state index in [1.54, 1.807) is 34.6 Å². The van der Waals surface area contributed by atoms with E-state index in [1.807, 2.05) is 36.4 Å². The molecule has 688 valence electrons. The fraction of sp³-hybridized carbons (Fsp3) is 0.585. The molecule has 13 atom stereocenters. The molecule has 11 aliphatic rings. The van der Waals surface area contributed by atoms with Crippen molar-refractivity contribution in [2.45, 2.75) is 288 Å². The zero-order chi connectivity index (χ0) is 92.4. The molecule has 0 amide bonds. The second-order valence-corrected chi connectivity index (χ2v) is 41.4. The first kappa shape index (κ1) is 101. The lowest BCUT2D eigenvalue weighted by molar-refractivity contribution is -0.194. The third-order valence-electron chi connectivity index (χ3n) is 25.0. The Bertz CT molecular complexity index is 4580. The van der Waals surface area contributed by atoms with Gasteiger partial charge < -0.3 is 51.9 Å². The van der Waals surface area contributed by atoms with E-state index in [1.165, 1.54) is 61.7 Å². The highest BCUT2D eigenvalue weighted by Crippen LogP contribution is 2.60. The topological polar surface area (TPSA) is 341 Å². The van der Waals surface area contributed by atoms with Gasteiger partial charge in [0, 0.05) is 75.6 Å². The van der Waals surface area contributed by atoms with Gasteiger partial charge in [0.1, 0.15) is 43.2 Å². The molecule has 0 spiro atoms. The van der Waals surface area contributed by atoms with E-state index in [4.69, 9.17) is 33.2 Å². The summed E-state index contributed by atoms with van der Waals surface area (Å²) in [6.45, 7) is 38.8. The molecular formula is C94H124F3NO24S3. The molecular weight excluding hydrogens is 1680 g/mol. The number of piperidine rings is 1. The van der Waals surface area contributed by atoms with Gasteiger partial charge in [-0.2, -0.15) is 8.78 Å². The maximum Gasteiger partial charge on any atom is 0.508 e. The van der Waals surface area contributed by atoms with Crippen LogP contribution in [-0.2, 0) is 117 Å². The Morgan fingerprint density at radius 1 is 0.552 bits per heavy atom. The molecule has 31 heteroatoms. The SMILES string of the molecule is C=C(C)C(=O)OC1(C2CCOC2=O)CC(C)(C)N(C)C(C)(C)C1.C=C(C)C(=O)OC1C2CC3C(=O)OC1C3C2.C=C(C)C(=O)OC1CC2CC1C1CCCC21.C=C(C)C(=O)OC1CCCCC1.C=C(C)C(=O)OCC1COC(=O)O1.C=C(C)C(=O)OCCC(F)C(F)(F)S(=O)(=O)[O-].O=S(=O)(c1ccc([S+](c2ccccc2)c2ccccc2)cc1)C1CCCCC1. The maximum absolute atomic E-state index is 13.0. The van der Waals surface area contributed by atoms with Crippen LogP contribution in [0, 0.1) is 47.3 Å². The molecule has 7 aliphatic carbocycles. The average Bonchev–Trinajstić information content (AvgIpc) is 1.51. The summed E-state index contributed by atoms with van der Waals surface area (Å²) in [4.78, 5) is 109. The predicted octanol–water partition coefficient (Wildman–Crippen LogP) is 16.6. The standard InChI is InChI=1S/C24H25O2S2.C18H29NO4.C14H20O2.C12H14O4.C10H16O2.C8H11F3O5S.C8H10O5/c25-28(26,23-14-8-3-9-15-23)24-18-16-22(17-19-24)27(20-10-4-1-5-11-20)21-12-6-2-7-13-21;1-12(2)14(20)23-18(13-8-9-22-15(13)21)10-16(3,4)19(7)17(5,6)11-18;1-8(2)14(15)16-13-7-9-6-12(13)11-5-3-4-10(9)11;1-5(2)11(13)15-9-6-3-7-8(4-6)12(14)16-10(7)9;1-8(2)10(11)12-9-6-4-3-5-7-9;1-5(2)7(12)16-4-3-6(9)8(10,11)17(13,14)15;1-5(2)7(9)11-3-6-4-12-8(10)13-6/h1-2,4-7,10-13,16-19,23H,3,8-9,14-15H2;13H,1,8-11H2,2-7H3;9-13H,1,3-7H2,2H3;6-10H,1,3-4H2,2H3;9H,1,3-7H2,2H3;6H,1,3-4H2,2H3,(H,13,14,15);6H,1,3-4H2,2H3/q+1;;;;;;/p-1. The monoisotopic (exact) mass is 1800 g/mol. The van der Waals surface area contributed by atoms with Crippen LogP contribution in [0.25, 0.3) is 0 Å². The first-order valence-electron chi connectivity index (χ1n) is 42.8. The summed E-state index contributed by atoms with van der Waals surface area (Å²) < 4.78 is 145. The van der Waals surface area contributed by atoms with Gasteiger partial charge in [0.2, 0.25) is 0 Å². The van der Waals surface area contributed by atoms with E-state index >= 15 is 0 Å². The van der Waals surface area contributed by atoms with Crippen molar-refractivity contribution in [3.8, 4) is 0 Å². The second-order valence-electron chi connectivity index (χ2n) is 35.7. The van der Waals surface area contributed by atoms with Crippen LogP contribution in [0.3, 0.4) is 0 Å². The minimum absolute atomic E-state index is 0.0113. The van der Waals surface area contributed by atoms with Gasteiger partial charge >= 0.3 is 59.2 Å². The zero-order valence-corrected chi connectivity index (χ0v) is 76.2. The molecule has 0 N–H and O–H groups in total. The van der Waals surface area contributed by atoms with Crippen molar-refractivity contribution in [1.82, 2.24) is 4.90 Å². The Morgan fingerprint density at radius 2 is 1.05 bits per heavy atom. The number of halogens is 3. The largest absolute Gasteiger partial charge is 0.743 e. The van der Waals surface area contributed by atoms with Gasteiger partial charge in [-0.05, 0) is 232 Å². The van der Waals surface area contributed by atoms with E-state index in [9.17, 15) is 77.7 Å². The number of sulfone groups is 1. The summed E-state index contributed by atoms with van der Waals surface area (Å²) in [7, 11) is -7.48. The number of carbonyl (C=O) groups is 9. The van der Waals surface area contributed by atoms with E-state index < -0.39 is 86.1 Å². The summed E-state index contributed by atoms with van der Waals surface area (Å²) in [5.74, 6) is 0.568. The van der Waals surface area contributed by atoms with E-state index in [2.05, 4.69) is 142 Å². The number of benzene rings is 3. The Morgan fingerprint density at radius 3 is 1.55 bits per heavy atom. The van der Waals surface area contributed by atoms with Gasteiger partial charge in [0.25, 0.3) is 0 Å². The lowest BCUT2D eigenvalue weighted by Gasteiger charge is -2.58. The lowest BCUT2D eigenvalue weighted by Crippen LogP contribution is -2.67. The molecule has 11 fully saturated rings. The summed E-state index contributed by atoms with van der Waals surface area (Å²) in [5, 5.41) is -5.25. The van der Waals surface area contributed by atoms with Crippen molar-refractivity contribution in [2.24, 2.45) is 47.3 Å². The van der Waals surface area contributed by atoms with Crippen molar-refractivity contribution in [3.63, 3.8) is 0 Å². The minimum Gasteiger partial charge on any atom is -0.743 e. The van der Waals surface area contributed by atoms with E-state index in [0.29, 0.717) is 70.5 Å². The number of nitrogens with zero attached hydrogens (tertiary/aromatic N) is 1. The number of hydrogen-bond donors (Lipinski definition) is 0. The third-order valence-corrected chi connectivity index (χ3v) is 30.5. The minimum atomic E-state index is -6.08. The number of likely N-dealkylation sites (tertiary alicyclic amines) is 1.